The third-order valence-electron chi connectivity index (χ3n) is 3.96. The highest BCUT2D eigenvalue weighted by atomic mass is 16.3. The fourth-order valence-corrected chi connectivity index (χ4v) is 2.59. The molecule has 0 amide bonds. The second-order valence-corrected chi connectivity index (χ2v) is 6.35. The molecule has 1 saturated carbocycles. The van der Waals surface area contributed by atoms with Gasteiger partial charge in [0.05, 0.1) is 13.1 Å². The van der Waals surface area contributed by atoms with Gasteiger partial charge >= 0.3 is 0 Å². The maximum absolute atomic E-state index is 5.96. The lowest BCUT2D eigenvalue weighted by molar-refractivity contribution is 0.190. The molecule has 19 heavy (non-hydrogen) atoms. The first-order valence-electron chi connectivity index (χ1n) is 7.54. The molecular formula is C16H28N2O. The van der Waals surface area contributed by atoms with Crippen molar-refractivity contribution in [2.45, 2.75) is 59.2 Å². The van der Waals surface area contributed by atoms with Gasteiger partial charge in [0.25, 0.3) is 0 Å². The third-order valence-corrected chi connectivity index (χ3v) is 3.96. The molecule has 1 fully saturated rings. The number of hydrogen-bond acceptors (Lipinski definition) is 3. The largest absolute Gasteiger partial charge is 0.463 e. The van der Waals surface area contributed by atoms with Gasteiger partial charge in [-0.3, -0.25) is 4.90 Å². The molecule has 108 valence electrons. The van der Waals surface area contributed by atoms with Crippen molar-refractivity contribution in [2.24, 2.45) is 5.92 Å². The molecule has 3 nitrogen and oxygen atoms in total. The van der Waals surface area contributed by atoms with Crippen LogP contribution >= 0.6 is 0 Å². The van der Waals surface area contributed by atoms with Gasteiger partial charge in [0.1, 0.15) is 11.5 Å². The molecule has 1 heterocycles. The summed E-state index contributed by atoms with van der Waals surface area (Å²) in [6.45, 7) is 9.42. The molecule has 0 atom stereocenters. The van der Waals surface area contributed by atoms with Crippen molar-refractivity contribution in [3.8, 4) is 0 Å². The molecule has 0 saturated heterocycles. The fourth-order valence-electron chi connectivity index (χ4n) is 2.59. The molecule has 0 bridgehead atoms. The highest BCUT2D eigenvalue weighted by Crippen LogP contribution is 2.27. The molecule has 0 spiro atoms. The zero-order valence-corrected chi connectivity index (χ0v) is 12.8. The van der Waals surface area contributed by atoms with E-state index in [1.807, 2.05) is 0 Å². The second kappa shape index (κ2) is 6.58. The van der Waals surface area contributed by atoms with E-state index in [1.165, 1.54) is 31.4 Å². The molecule has 1 aliphatic rings. The van der Waals surface area contributed by atoms with Gasteiger partial charge in [-0.05, 0) is 44.4 Å². The van der Waals surface area contributed by atoms with E-state index in [0.717, 1.165) is 30.5 Å². The van der Waals surface area contributed by atoms with Crippen LogP contribution in [-0.4, -0.2) is 24.5 Å². The van der Waals surface area contributed by atoms with Crippen LogP contribution in [0.5, 0.6) is 0 Å². The van der Waals surface area contributed by atoms with Gasteiger partial charge in [-0.15, -0.1) is 0 Å². The van der Waals surface area contributed by atoms with Crippen LogP contribution in [0.15, 0.2) is 10.5 Å². The predicted molar refractivity (Wildman–Crippen MR) is 79.1 cm³/mol. The maximum Gasteiger partial charge on any atom is 0.120 e. The number of rotatable bonds is 7. The van der Waals surface area contributed by atoms with Gasteiger partial charge in [-0.2, -0.15) is 0 Å². The summed E-state index contributed by atoms with van der Waals surface area (Å²) in [6.07, 6.45) is 4.24. The van der Waals surface area contributed by atoms with Crippen molar-refractivity contribution in [2.75, 3.05) is 13.6 Å². The Morgan fingerprint density at radius 2 is 2.16 bits per heavy atom. The Morgan fingerprint density at radius 3 is 2.74 bits per heavy atom. The Morgan fingerprint density at radius 1 is 1.42 bits per heavy atom. The number of nitrogens with one attached hydrogen (secondary N) is 1. The lowest BCUT2D eigenvalue weighted by Crippen LogP contribution is -2.28. The molecule has 1 aromatic rings. The lowest BCUT2D eigenvalue weighted by atomic mass is 9.85. The van der Waals surface area contributed by atoms with Crippen molar-refractivity contribution < 1.29 is 4.42 Å². The van der Waals surface area contributed by atoms with E-state index in [9.17, 15) is 0 Å². The number of nitrogens with zero attached hydrogens (tertiary/aromatic N) is 1. The Labute approximate surface area is 117 Å². The molecule has 3 heteroatoms. The number of aryl methyl sites for hydroxylation is 1. The molecule has 1 N–H and O–H groups in total. The Balaban J connectivity index is 1.84. The number of furan rings is 1. The van der Waals surface area contributed by atoms with Gasteiger partial charge in [-0.1, -0.05) is 20.3 Å². The van der Waals surface area contributed by atoms with Crippen LogP contribution in [0.3, 0.4) is 0 Å². The zero-order valence-electron chi connectivity index (χ0n) is 12.8. The minimum atomic E-state index is 0.495. The Kier molecular flexibility index (Phi) is 5.06. The first-order valence-corrected chi connectivity index (χ1v) is 7.54. The molecule has 2 rings (SSSR count). The van der Waals surface area contributed by atoms with Crippen molar-refractivity contribution in [1.82, 2.24) is 10.2 Å². The molecule has 0 aliphatic heterocycles. The number of hydrogen-bond donors (Lipinski definition) is 1. The minimum Gasteiger partial charge on any atom is -0.463 e. The Bertz CT molecular complexity index is 393. The normalized spacial score (nSPS) is 16.3. The van der Waals surface area contributed by atoms with Crippen molar-refractivity contribution in [3.63, 3.8) is 0 Å². The Hall–Kier alpha value is -0.800. The monoisotopic (exact) mass is 264 g/mol. The third kappa shape index (κ3) is 4.36. The van der Waals surface area contributed by atoms with Crippen LogP contribution in [-0.2, 0) is 13.1 Å². The standard InChI is InChI=1S/C16H28N2O/c1-12(2)17-9-16-13(3)8-15(19-16)11-18(4)10-14-6-5-7-14/h8,12,14,17H,5-7,9-11H2,1-4H3. The van der Waals surface area contributed by atoms with E-state index in [-0.39, 0.29) is 0 Å². The molecule has 0 radical (unpaired) electrons. The van der Waals surface area contributed by atoms with Crippen LogP contribution < -0.4 is 5.32 Å². The molecular weight excluding hydrogens is 236 g/mol. The highest BCUT2D eigenvalue weighted by molar-refractivity contribution is 5.20. The average Bonchev–Trinajstić information content (AvgIpc) is 2.61. The van der Waals surface area contributed by atoms with Gasteiger partial charge in [0, 0.05) is 12.6 Å². The van der Waals surface area contributed by atoms with Crippen LogP contribution in [0, 0.1) is 12.8 Å². The predicted octanol–water partition coefficient (Wildman–Crippen LogP) is 3.32. The van der Waals surface area contributed by atoms with Crippen LogP contribution in [0.25, 0.3) is 0 Å². The summed E-state index contributed by atoms with van der Waals surface area (Å²) >= 11 is 0. The lowest BCUT2D eigenvalue weighted by Gasteiger charge is -2.29. The maximum atomic E-state index is 5.96. The summed E-state index contributed by atoms with van der Waals surface area (Å²) in [5.74, 6) is 3.10. The van der Waals surface area contributed by atoms with Gasteiger partial charge < -0.3 is 9.73 Å². The van der Waals surface area contributed by atoms with E-state index in [4.69, 9.17) is 4.42 Å². The first kappa shape index (κ1) is 14.6. The minimum absolute atomic E-state index is 0.495. The fraction of sp³-hybridized carbons (Fsp3) is 0.750. The van der Waals surface area contributed by atoms with Crippen molar-refractivity contribution in [1.29, 1.82) is 0 Å². The van der Waals surface area contributed by atoms with Crippen molar-refractivity contribution >= 4 is 0 Å². The summed E-state index contributed by atoms with van der Waals surface area (Å²) in [7, 11) is 2.20. The summed E-state index contributed by atoms with van der Waals surface area (Å²) in [5, 5.41) is 3.41. The van der Waals surface area contributed by atoms with Crippen molar-refractivity contribution in [3.05, 3.63) is 23.2 Å². The van der Waals surface area contributed by atoms with E-state index in [0.29, 0.717) is 6.04 Å². The van der Waals surface area contributed by atoms with E-state index >= 15 is 0 Å². The van der Waals surface area contributed by atoms with Gasteiger partial charge in [0.15, 0.2) is 0 Å². The summed E-state index contributed by atoms with van der Waals surface area (Å²) in [5.41, 5.74) is 1.26. The highest BCUT2D eigenvalue weighted by Gasteiger charge is 2.19. The summed E-state index contributed by atoms with van der Waals surface area (Å²) < 4.78 is 5.96. The zero-order chi connectivity index (χ0) is 13.8. The quantitative estimate of drug-likeness (QED) is 0.819. The smallest absolute Gasteiger partial charge is 0.120 e. The topological polar surface area (TPSA) is 28.4 Å². The molecule has 1 aromatic heterocycles. The summed E-state index contributed by atoms with van der Waals surface area (Å²) in [4.78, 5) is 2.39. The van der Waals surface area contributed by atoms with E-state index in [1.54, 1.807) is 0 Å². The average molecular weight is 264 g/mol. The molecule has 1 aliphatic carbocycles. The van der Waals surface area contributed by atoms with E-state index in [2.05, 4.69) is 44.1 Å². The first-order chi connectivity index (χ1) is 9.04. The SMILES string of the molecule is Cc1cc(CN(C)CC2CCC2)oc1CNC(C)C. The van der Waals surface area contributed by atoms with Crippen LogP contribution in [0.4, 0.5) is 0 Å². The van der Waals surface area contributed by atoms with Crippen LogP contribution in [0.2, 0.25) is 0 Å². The van der Waals surface area contributed by atoms with E-state index < -0.39 is 0 Å². The second-order valence-electron chi connectivity index (χ2n) is 6.35. The molecule has 0 aromatic carbocycles. The van der Waals surface area contributed by atoms with Crippen LogP contribution in [0.1, 0.15) is 50.2 Å². The van der Waals surface area contributed by atoms with Gasteiger partial charge in [0.2, 0.25) is 0 Å². The van der Waals surface area contributed by atoms with Gasteiger partial charge in [-0.25, -0.2) is 0 Å². The molecule has 0 unspecified atom stereocenters. The summed E-state index contributed by atoms with van der Waals surface area (Å²) in [6, 6.07) is 2.68.